The number of hydrogen-bond acceptors (Lipinski definition) is 5. The van der Waals surface area contributed by atoms with Gasteiger partial charge < -0.3 is 4.90 Å². The van der Waals surface area contributed by atoms with E-state index in [9.17, 15) is 18.5 Å². The Morgan fingerprint density at radius 1 is 1.33 bits per heavy atom. The summed E-state index contributed by atoms with van der Waals surface area (Å²) in [6.07, 6.45) is 1.52. The molecule has 0 unspecified atom stereocenters. The van der Waals surface area contributed by atoms with Crippen molar-refractivity contribution in [3.63, 3.8) is 0 Å². The largest absolute Gasteiger partial charge is 0.309 e. The van der Waals surface area contributed by atoms with Gasteiger partial charge >= 0.3 is 0 Å². The van der Waals surface area contributed by atoms with Crippen LogP contribution in [0.2, 0.25) is 5.02 Å². The maximum atomic E-state index is 12.1. The van der Waals surface area contributed by atoms with Gasteiger partial charge in [0.25, 0.3) is 5.69 Å². The van der Waals surface area contributed by atoms with E-state index in [2.05, 4.69) is 4.72 Å². The van der Waals surface area contributed by atoms with Gasteiger partial charge in [-0.25, -0.2) is 13.1 Å². The van der Waals surface area contributed by atoms with Gasteiger partial charge in [0.2, 0.25) is 10.0 Å². The number of hydrogen-bond donors (Lipinski definition) is 1. The average Bonchev–Trinajstić information content (AvgIpc) is 2.37. The summed E-state index contributed by atoms with van der Waals surface area (Å²) in [6.45, 7) is 1.12. The number of nitro groups is 1. The maximum absolute atomic E-state index is 12.1. The van der Waals surface area contributed by atoms with E-state index in [-0.39, 0.29) is 22.2 Å². The molecule has 118 valence electrons. The molecule has 1 N–H and O–H groups in total. The maximum Gasteiger partial charge on any atom is 0.270 e. The fourth-order valence-electron chi connectivity index (χ4n) is 1.65. The molecule has 0 heterocycles. The third kappa shape index (κ3) is 5.58. The first-order valence-electron chi connectivity index (χ1n) is 6.32. The first-order chi connectivity index (χ1) is 9.74. The van der Waals surface area contributed by atoms with Crippen LogP contribution < -0.4 is 4.72 Å². The van der Waals surface area contributed by atoms with E-state index in [1.165, 1.54) is 12.1 Å². The zero-order valence-electron chi connectivity index (χ0n) is 11.9. The van der Waals surface area contributed by atoms with E-state index in [4.69, 9.17) is 11.6 Å². The monoisotopic (exact) mass is 335 g/mol. The Balaban J connectivity index is 2.74. The van der Waals surface area contributed by atoms with E-state index < -0.39 is 14.9 Å². The molecule has 0 aromatic heterocycles. The lowest BCUT2D eigenvalue weighted by molar-refractivity contribution is -0.385. The summed E-state index contributed by atoms with van der Waals surface area (Å²) in [5.74, 6) is 0. The van der Waals surface area contributed by atoms with Crippen molar-refractivity contribution in [3.05, 3.63) is 33.3 Å². The standard InChI is InChI=1S/C12H18ClN3O4S/c1-15(2)8-4-3-7-14-21(19,20)12-9-10(16(17)18)5-6-11(12)13/h5-6,9,14H,3-4,7-8H2,1-2H3. The normalized spacial score (nSPS) is 11.8. The van der Waals surface area contributed by atoms with Crippen LogP contribution in [0.4, 0.5) is 5.69 Å². The molecule has 9 heteroatoms. The number of nitrogens with one attached hydrogen (secondary N) is 1. The number of non-ortho nitro benzene ring substituents is 1. The van der Waals surface area contributed by atoms with Crippen molar-refractivity contribution in [3.8, 4) is 0 Å². The van der Waals surface area contributed by atoms with Crippen molar-refractivity contribution in [1.82, 2.24) is 9.62 Å². The Hall–Kier alpha value is -1.22. The highest BCUT2D eigenvalue weighted by atomic mass is 35.5. The van der Waals surface area contributed by atoms with Gasteiger partial charge in [0, 0.05) is 18.7 Å². The molecule has 0 radical (unpaired) electrons. The highest BCUT2D eigenvalue weighted by molar-refractivity contribution is 7.89. The first-order valence-corrected chi connectivity index (χ1v) is 8.18. The number of sulfonamides is 1. The minimum Gasteiger partial charge on any atom is -0.309 e. The van der Waals surface area contributed by atoms with Crippen LogP contribution in [0, 0.1) is 10.1 Å². The Morgan fingerprint density at radius 2 is 2.00 bits per heavy atom. The predicted molar refractivity (Wildman–Crippen MR) is 81.1 cm³/mol. The molecule has 7 nitrogen and oxygen atoms in total. The predicted octanol–water partition coefficient (Wildman–Crippen LogP) is 1.87. The summed E-state index contributed by atoms with van der Waals surface area (Å²) in [7, 11) is 0.0274. The van der Waals surface area contributed by atoms with Gasteiger partial charge in [0.1, 0.15) is 4.90 Å². The molecule has 0 aliphatic carbocycles. The molecular weight excluding hydrogens is 318 g/mol. The highest BCUT2D eigenvalue weighted by Gasteiger charge is 2.21. The molecule has 0 aliphatic heterocycles. The Bertz CT molecular complexity index is 605. The molecule has 1 aromatic carbocycles. The second-order valence-electron chi connectivity index (χ2n) is 4.78. The second-order valence-corrected chi connectivity index (χ2v) is 6.92. The quantitative estimate of drug-likeness (QED) is 0.445. The van der Waals surface area contributed by atoms with Gasteiger partial charge in [0.05, 0.1) is 9.95 Å². The van der Waals surface area contributed by atoms with Gasteiger partial charge in [-0.2, -0.15) is 0 Å². The number of unbranched alkanes of at least 4 members (excludes halogenated alkanes) is 1. The topological polar surface area (TPSA) is 92.6 Å². The summed E-state index contributed by atoms with van der Waals surface area (Å²) in [5.41, 5.74) is -0.313. The molecule has 0 atom stereocenters. The molecule has 0 aliphatic rings. The zero-order valence-corrected chi connectivity index (χ0v) is 13.4. The molecule has 0 amide bonds. The van der Waals surface area contributed by atoms with Crippen LogP contribution in [0.15, 0.2) is 23.1 Å². The molecule has 0 fully saturated rings. The van der Waals surface area contributed by atoms with Gasteiger partial charge in [-0.3, -0.25) is 10.1 Å². The van der Waals surface area contributed by atoms with Crippen molar-refractivity contribution < 1.29 is 13.3 Å². The zero-order chi connectivity index (χ0) is 16.0. The van der Waals surface area contributed by atoms with Gasteiger partial charge in [0.15, 0.2) is 0 Å². The van der Waals surface area contributed by atoms with Gasteiger partial charge in [-0.05, 0) is 39.5 Å². The molecule has 21 heavy (non-hydrogen) atoms. The number of benzene rings is 1. The third-order valence-electron chi connectivity index (χ3n) is 2.74. The van der Waals surface area contributed by atoms with Crippen LogP contribution in [0.5, 0.6) is 0 Å². The fourth-order valence-corrected chi connectivity index (χ4v) is 3.24. The first kappa shape index (κ1) is 17.8. The Morgan fingerprint density at radius 3 is 2.57 bits per heavy atom. The van der Waals surface area contributed by atoms with Crippen molar-refractivity contribution in [2.75, 3.05) is 27.2 Å². The molecule has 0 saturated carbocycles. The molecule has 1 rings (SSSR count). The summed E-state index contributed by atoms with van der Waals surface area (Å²) in [6, 6.07) is 3.34. The number of nitro benzene ring substituents is 1. The highest BCUT2D eigenvalue weighted by Crippen LogP contribution is 2.25. The summed E-state index contributed by atoms with van der Waals surface area (Å²) < 4.78 is 26.6. The van der Waals surface area contributed by atoms with E-state index >= 15 is 0 Å². The third-order valence-corrected chi connectivity index (χ3v) is 4.68. The minimum absolute atomic E-state index is 0.0404. The van der Waals surface area contributed by atoms with Crippen molar-refractivity contribution >= 4 is 27.3 Å². The van der Waals surface area contributed by atoms with Gasteiger partial charge in [-0.15, -0.1) is 0 Å². The average molecular weight is 336 g/mol. The summed E-state index contributed by atoms with van der Waals surface area (Å²) in [5, 5.41) is 10.7. The van der Waals surface area contributed by atoms with Crippen LogP contribution in [-0.4, -0.2) is 45.4 Å². The fraction of sp³-hybridized carbons (Fsp3) is 0.500. The van der Waals surface area contributed by atoms with Crippen molar-refractivity contribution in [2.24, 2.45) is 0 Å². The summed E-state index contributed by atoms with van der Waals surface area (Å²) >= 11 is 5.82. The van der Waals surface area contributed by atoms with E-state index in [1.807, 2.05) is 19.0 Å². The number of halogens is 1. The van der Waals surface area contributed by atoms with Gasteiger partial charge in [-0.1, -0.05) is 11.6 Å². The minimum atomic E-state index is -3.85. The second kappa shape index (κ2) is 7.69. The van der Waals surface area contributed by atoms with Crippen LogP contribution in [-0.2, 0) is 10.0 Å². The summed E-state index contributed by atoms with van der Waals surface area (Å²) in [4.78, 5) is 11.8. The van der Waals surface area contributed by atoms with Crippen LogP contribution in [0.3, 0.4) is 0 Å². The van der Waals surface area contributed by atoms with E-state index in [0.717, 1.165) is 19.0 Å². The number of nitrogens with zero attached hydrogens (tertiary/aromatic N) is 2. The molecular formula is C12H18ClN3O4S. The molecule has 0 spiro atoms. The number of rotatable bonds is 8. The molecule has 0 bridgehead atoms. The van der Waals surface area contributed by atoms with E-state index in [1.54, 1.807) is 0 Å². The smallest absolute Gasteiger partial charge is 0.270 e. The van der Waals surface area contributed by atoms with E-state index in [0.29, 0.717) is 6.42 Å². The van der Waals surface area contributed by atoms with Crippen molar-refractivity contribution in [1.29, 1.82) is 0 Å². The molecule has 0 saturated heterocycles. The Labute approximate surface area is 129 Å². The van der Waals surface area contributed by atoms with Crippen molar-refractivity contribution in [2.45, 2.75) is 17.7 Å². The van der Waals surface area contributed by atoms with Crippen LogP contribution in [0.25, 0.3) is 0 Å². The molecule has 1 aromatic rings. The lowest BCUT2D eigenvalue weighted by Crippen LogP contribution is -2.26. The van der Waals surface area contributed by atoms with Crippen LogP contribution >= 0.6 is 11.6 Å². The Kier molecular flexibility index (Phi) is 6.53. The van der Waals surface area contributed by atoms with Crippen LogP contribution in [0.1, 0.15) is 12.8 Å². The lowest BCUT2D eigenvalue weighted by Gasteiger charge is -2.10. The SMILES string of the molecule is CN(C)CCCCNS(=O)(=O)c1cc([N+](=O)[O-])ccc1Cl. The lowest BCUT2D eigenvalue weighted by atomic mass is 10.3.